The number of benzene rings is 2. The van der Waals surface area contributed by atoms with Crippen molar-refractivity contribution in [2.24, 2.45) is 7.05 Å². The lowest BCUT2D eigenvalue weighted by Crippen LogP contribution is -2.32. The van der Waals surface area contributed by atoms with Crippen LogP contribution in [0.15, 0.2) is 59.4 Å². The van der Waals surface area contributed by atoms with Crippen LogP contribution in [0.2, 0.25) is 0 Å². The first kappa shape index (κ1) is 19.3. The standard InChI is InChI=1S/C21H23N3O4/c1-14-19(21(26)24(23(14)3)16-10-6-5-7-11-16)22-20(25)15(2)28-18-13-9-8-12-17(18)27-4/h5-13,15H,1-4H3,(H,22,25)/t15-/m1/s1. The van der Waals surface area contributed by atoms with Gasteiger partial charge < -0.3 is 14.8 Å². The van der Waals surface area contributed by atoms with Gasteiger partial charge >= 0.3 is 0 Å². The molecule has 0 aliphatic carbocycles. The highest BCUT2D eigenvalue weighted by Crippen LogP contribution is 2.27. The Kier molecular flexibility index (Phi) is 5.54. The smallest absolute Gasteiger partial charge is 0.295 e. The molecule has 0 saturated heterocycles. The Morgan fingerprint density at radius 2 is 1.64 bits per heavy atom. The number of aromatic nitrogens is 2. The van der Waals surface area contributed by atoms with E-state index in [0.717, 1.165) is 5.69 Å². The first-order chi connectivity index (χ1) is 13.4. The fraction of sp³-hybridized carbons (Fsp3) is 0.238. The second kappa shape index (κ2) is 8.04. The van der Waals surface area contributed by atoms with Gasteiger partial charge in [-0.05, 0) is 38.1 Å². The highest BCUT2D eigenvalue weighted by Gasteiger charge is 2.22. The minimum Gasteiger partial charge on any atom is -0.493 e. The van der Waals surface area contributed by atoms with Gasteiger partial charge in [0.15, 0.2) is 17.6 Å². The molecule has 1 amide bonds. The van der Waals surface area contributed by atoms with E-state index in [-0.39, 0.29) is 11.2 Å². The molecule has 2 aromatic carbocycles. The fourth-order valence-corrected chi connectivity index (χ4v) is 2.90. The molecule has 1 heterocycles. The quantitative estimate of drug-likeness (QED) is 0.712. The lowest BCUT2D eigenvalue weighted by atomic mass is 10.3. The van der Waals surface area contributed by atoms with Crippen LogP contribution < -0.4 is 20.3 Å². The number of methoxy groups -OCH3 is 1. The summed E-state index contributed by atoms with van der Waals surface area (Å²) in [5.41, 5.74) is 1.29. The van der Waals surface area contributed by atoms with E-state index in [1.54, 1.807) is 43.8 Å². The molecule has 0 bridgehead atoms. The Bertz CT molecular complexity index is 1040. The Morgan fingerprint density at radius 3 is 2.29 bits per heavy atom. The zero-order valence-electron chi connectivity index (χ0n) is 16.3. The van der Waals surface area contributed by atoms with E-state index < -0.39 is 12.0 Å². The minimum absolute atomic E-state index is 0.229. The van der Waals surface area contributed by atoms with Crippen LogP contribution in [-0.4, -0.2) is 28.5 Å². The summed E-state index contributed by atoms with van der Waals surface area (Å²) in [6.45, 7) is 3.40. The third kappa shape index (κ3) is 3.64. The number of para-hydroxylation sites is 3. The van der Waals surface area contributed by atoms with Crippen molar-refractivity contribution in [1.82, 2.24) is 9.36 Å². The van der Waals surface area contributed by atoms with Crippen LogP contribution in [0.25, 0.3) is 5.69 Å². The number of nitrogens with one attached hydrogen (secondary N) is 1. The zero-order valence-corrected chi connectivity index (χ0v) is 16.3. The lowest BCUT2D eigenvalue weighted by Gasteiger charge is -2.16. The highest BCUT2D eigenvalue weighted by molar-refractivity contribution is 5.94. The van der Waals surface area contributed by atoms with Crippen molar-refractivity contribution in [1.29, 1.82) is 0 Å². The normalized spacial score (nSPS) is 11.7. The summed E-state index contributed by atoms with van der Waals surface area (Å²) in [6, 6.07) is 16.3. The van der Waals surface area contributed by atoms with Gasteiger partial charge in [-0.2, -0.15) is 0 Å². The van der Waals surface area contributed by atoms with Gasteiger partial charge in [-0.3, -0.25) is 14.3 Å². The summed E-state index contributed by atoms with van der Waals surface area (Å²) >= 11 is 0. The molecule has 146 valence electrons. The Labute approximate surface area is 163 Å². The van der Waals surface area contributed by atoms with E-state index in [9.17, 15) is 9.59 Å². The van der Waals surface area contributed by atoms with Crippen LogP contribution in [0.1, 0.15) is 12.6 Å². The monoisotopic (exact) mass is 381 g/mol. The molecule has 28 heavy (non-hydrogen) atoms. The molecule has 7 heteroatoms. The van der Waals surface area contributed by atoms with E-state index in [1.165, 1.54) is 11.8 Å². The molecule has 1 atom stereocenters. The number of amides is 1. The van der Waals surface area contributed by atoms with Gasteiger partial charge in [-0.15, -0.1) is 0 Å². The Hall–Kier alpha value is -3.48. The van der Waals surface area contributed by atoms with E-state index >= 15 is 0 Å². The van der Waals surface area contributed by atoms with E-state index in [4.69, 9.17) is 9.47 Å². The number of anilines is 1. The molecular formula is C21H23N3O4. The number of hydrogen-bond acceptors (Lipinski definition) is 4. The molecule has 0 fully saturated rings. The SMILES string of the molecule is COc1ccccc1O[C@H](C)C(=O)Nc1c(C)n(C)n(-c2ccccc2)c1=O. The summed E-state index contributed by atoms with van der Waals surface area (Å²) in [7, 11) is 3.31. The highest BCUT2D eigenvalue weighted by atomic mass is 16.5. The summed E-state index contributed by atoms with van der Waals surface area (Å²) in [6.07, 6.45) is -0.819. The molecule has 1 aromatic heterocycles. The van der Waals surface area contributed by atoms with Gasteiger partial charge in [0.05, 0.1) is 18.5 Å². The van der Waals surface area contributed by atoms with Crippen LogP contribution in [0.3, 0.4) is 0 Å². The van der Waals surface area contributed by atoms with Gasteiger partial charge in [0.2, 0.25) is 0 Å². The molecule has 3 rings (SSSR count). The number of hydrogen-bond donors (Lipinski definition) is 1. The Morgan fingerprint density at radius 1 is 1.04 bits per heavy atom. The third-order valence-corrected chi connectivity index (χ3v) is 4.54. The Balaban J connectivity index is 1.84. The molecule has 3 aromatic rings. The summed E-state index contributed by atoms with van der Waals surface area (Å²) in [5.74, 6) is 0.570. The molecule has 0 aliphatic rings. The second-order valence-corrected chi connectivity index (χ2v) is 6.34. The molecule has 0 unspecified atom stereocenters. The fourth-order valence-electron chi connectivity index (χ4n) is 2.90. The number of rotatable bonds is 6. The van der Waals surface area contributed by atoms with Crippen molar-refractivity contribution in [2.75, 3.05) is 12.4 Å². The molecule has 1 N–H and O–H groups in total. The number of nitrogens with zero attached hydrogens (tertiary/aromatic N) is 2. The largest absolute Gasteiger partial charge is 0.493 e. The van der Waals surface area contributed by atoms with Crippen LogP contribution in [0, 0.1) is 6.92 Å². The van der Waals surface area contributed by atoms with Crippen LogP contribution in [0.4, 0.5) is 5.69 Å². The average molecular weight is 381 g/mol. The van der Waals surface area contributed by atoms with E-state index in [1.807, 2.05) is 36.4 Å². The van der Waals surface area contributed by atoms with Crippen molar-refractivity contribution >= 4 is 11.6 Å². The van der Waals surface area contributed by atoms with Gasteiger partial charge in [0.25, 0.3) is 11.5 Å². The number of carbonyl (C=O) groups is 1. The van der Waals surface area contributed by atoms with Gasteiger partial charge in [-0.25, -0.2) is 4.68 Å². The van der Waals surface area contributed by atoms with E-state index in [2.05, 4.69) is 5.32 Å². The molecule has 7 nitrogen and oxygen atoms in total. The lowest BCUT2D eigenvalue weighted by molar-refractivity contribution is -0.122. The molecule has 0 radical (unpaired) electrons. The van der Waals surface area contributed by atoms with Crippen molar-refractivity contribution in [2.45, 2.75) is 20.0 Å². The van der Waals surface area contributed by atoms with Crippen LogP contribution in [-0.2, 0) is 11.8 Å². The molecule has 0 saturated carbocycles. The predicted molar refractivity (Wildman–Crippen MR) is 107 cm³/mol. The maximum Gasteiger partial charge on any atom is 0.295 e. The van der Waals surface area contributed by atoms with E-state index in [0.29, 0.717) is 17.2 Å². The summed E-state index contributed by atoms with van der Waals surface area (Å²) in [4.78, 5) is 25.5. The first-order valence-corrected chi connectivity index (χ1v) is 8.88. The van der Waals surface area contributed by atoms with Crippen molar-refractivity contribution in [3.8, 4) is 17.2 Å². The predicted octanol–water partition coefficient (Wildman–Crippen LogP) is 2.90. The van der Waals surface area contributed by atoms with Gasteiger partial charge in [0.1, 0.15) is 5.69 Å². The van der Waals surface area contributed by atoms with Crippen LogP contribution >= 0.6 is 0 Å². The maximum atomic E-state index is 12.9. The molecular weight excluding hydrogens is 358 g/mol. The number of ether oxygens (including phenoxy) is 2. The van der Waals surface area contributed by atoms with Gasteiger partial charge in [0, 0.05) is 7.05 Å². The zero-order chi connectivity index (χ0) is 20.3. The van der Waals surface area contributed by atoms with Crippen molar-refractivity contribution in [3.05, 3.63) is 70.6 Å². The summed E-state index contributed by atoms with van der Waals surface area (Å²) in [5, 5.41) is 2.71. The van der Waals surface area contributed by atoms with Gasteiger partial charge in [-0.1, -0.05) is 30.3 Å². The number of carbonyl (C=O) groups excluding carboxylic acids is 1. The topological polar surface area (TPSA) is 74.5 Å². The van der Waals surface area contributed by atoms with Crippen molar-refractivity contribution < 1.29 is 14.3 Å². The van der Waals surface area contributed by atoms with Crippen LogP contribution in [0.5, 0.6) is 11.5 Å². The maximum absolute atomic E-state index is 12.9. The molecule has 0 spiro atoms. The third-order valence-electron chi connectivity index (χ3n) is 4.54. The average Bonchev–Trinajstić information content (AvgIpc) is 2.92. The first-order valence-electron chi connectivity index (χ1n) is 8.88. The minimum atomic E-state index is -0.819. The molecule has 0 aliphatic heterocycles. The van der Waals surface area contributed by atoms with Crippen molar-refractivity contribution in [3.63, 3.8) is 0 Å². The second-order valence-electron chi connectivity index (χ2n) is 6.34. The summed E-state index contributed by atoms with van der Waals surface area (Å²) < 4.78 is 14.2.